The molecule has 0 amide bonds. The van der Waals surface area contributed by atoms with Crippen molar-refractivity contribution in [1.29, 1.82) is 0 Å². The second kappa shape index (κ2) is 12.4. The van der Waals surface area contributed by atoms with Gasteiger partial charge in [-0.25, -0.2) is 4.98 Å². The summed E-state index contributed by atoms with van der Waals surface area (Å²) < 4.78 is 2.03. The van der Waals surface area contributed by atoms with Crippen LogP contribution in [0.1, 0.15) is 18.9 Å². The Morgan fingerprint density at radius 1 is 1.28 bits per heavy atom. The lowest BCUT2D eigenvalue weighted by Gasteiger charge is -2.11. The molecule has 8 heteroatoms. The third kappa shape index (κ3) is 8.29. The van der Waals surface area contributed by atoms with Gasteiger partial charge in [-0.3, -0.25) is 4.99 Å². The molecular weight excluding hydrogens is 472 g/mol. The summed E-state index contributed by atoms with van der Waals surface area (Å²) in [5, 5.41) is 7.96. The molecule has 1 heterocycles. The van der Waals surface area contributed by atoms with Crippen LogP contribution in [0.15, 0.2) is 41.9 Å². The van der Waals surface area contributed by atoms with E-state index in [4.69, 9.17) is 23.2 Å². The molecule has 0 bridgehead atoms. The largest absolute Gasteiger partial charge is 0.357 e. The number of aryl methyl sites for hydroxylation is 1. The molecule has 0 aliphatic carbocycles. The lowest BCUT2D eigenvalue weighted by molar-refractivity contribution is 0.661. The molecule has 0 unspecified atom stereocenters. The van der Waals surface area contributed by atoms with Gasteiger partial charge in [-0.05, 0) is 37.5 Å². The van der Waals surface area contributed by atoms with Gasteiger partial charge >= 0.3 is 0 Å². The summed E-state index contributed by atoms with van der Waals surface area (Å²) in [4.78, 5) is 8.62. The van der Waals surface area contributed by atoms with Crippen molar-refractivity contribution < 1.29 is 0 Å². The number of benzene rings is 1. The Morgan fingerprint density at radius 2 is 2.12 bits per heavy atom. The molecule has 0 radical (unpaired) electrons. The summed E-state index contributed by atoms with van der Waals surface area (Å²) in [6, 6.07) is 5.63. The van der Waals surface area contributed by atoms with E-state index in [-0.39, 0.29) is 24.0 Å². The molecule has 2 rings (SSSR count). The first-order valence-corrected chi connectivity index (χ1v) is 8.86. The molecule has 0 fully saturated rings. The number of hydrogen-bond acceptors (Lipinski definition) is 2. The minimum atomic E-state index is 0. The first-order chi connectivity index (χ1) is 11.7. The van der Waals surface area contributed by atoms with Crippen molar-refractivity contribution in [3.05, 3.63) is 52.5 Å². The van der Waals surface area contributed by atoms with Gasteiger partial charge in [0.25, 0.3) is 0 Å². The Hall–Kier alpha value is -0.990. The Morgan fingerprint density at radius 3 is 2.80 bits per heavy atom. The lowest BCUT2D eigenvalue weighted by Crippen LogP contribution is -2.38. The first-order valence-electron chi connectivity index (χ1n) is 8.11. The maximum absolute atomic E-state index is 6.19. The number of rotatable bonds is 8. The monoisotopic (exact) mass is 495 g/mol. The van der Waals surface area contributed by atoms with Gasteiger partial charge in [0.15, 0.2) is 5.96 Å². The Bertz CT molecular complexity index is 646. The number of nitrogens with zero attached hydrogens (tertiary/aromatic N) is 3. The van der Waals surface area contributed by atoms with E-state index in [0.717, 1.165) is 55.6 Å². The van der Waals surface area contributed by atoms with Gasteiger partial charge in [0, 0.05) is 48.6 Å². The molecule has 25 heavy (non-hydrogen) atoms. The van der Waals surface area contributed by atoms with Crippen LogP contribution in [-0.4, -0.2) is 35.1 Å². The fraction of sp³-hybridized carbons (Fsp3) is 0.412. The molecule has 0 aliphatic rings. The van der Waals surface area contributed by atoms with Crippen molar-refractivity contribution in [2.45, 2.75) is 26.3 Å². The lowest BCUT2D eigenvalue weighted by atomic mass is 10.1. The minimum Gasteiger partial charge on any atom is -0.357 e. The average Bonchev–Trinajstić information content (AvgIpc) is 3.06. The van der Waals surface area contributed by atoms with Crippen LogP contribution in [0.5, 0.6) is 0 Å². The molecule has 138 valence electrons. The zero-order valence-corrected chi connectivity index (χ0v) is 18.1. The number of halogens is 3. The van der Waals surface area contributed by atoms with Crippen molar-refractivity contribution >= 4 is 53.1 Å². The van der Waals surface area contributed by atoms with E-state index in [0.29, 0.717) is 5.02 Å². The molecule has 0 aliphatic heterocycles. The third-order valence-corrected chi connectivity index (χ3v) is 4.04. The smallest absolute Gasteiger partial charge is 0.191 e. The number of guanidine groups is 1. The van der Waals surface area contributed by atoms with Gasteiger partial charge < -0.3 is 15.2 Å². The highest BCUT2D eigenvalue weighted by molar-refractivity contribution is 14.0. The molecule has 1 aromatic carbocycles. The second-order valence-electron chi connectivity index (χ2n) is 5.33. The predicted molar refractivity (Wildman–Crippen MR) is 116 cm³/mol. The van der Waals surface area contributed by atoms with E-state index in [1.807, 2.05) is 29.2 Å². The van der Waals surface area contributed by atoms with Gasteiger partial charge in [-0.2, -0.15) is 0 Å². The van der Waals surface area contributed by atoms with Crippen LogP contribution in [0.2, 0.25) is 10.0 Å². The molecule has 2 aromatic rings. The summed E-state index contributed by atoms with van der Waals surface area (Å²) in [6.45, 7) is 5.27. The van der Waals surface area contributed by atoms with Crippen LogP contribution in [0.4, 0.5) is 0 Å². The summed E-state index contributed by atoms with van der Waals surface area (Å²) >= 11 is 12.1. The van der Waals surface area contributed by atoms with E-state index < -0.39 is 0 Å². The molecule has 2 N–H and O–H groups in total. The second-order valence-corrected chi connectivity index (χ2v) is 6.17. The third-order valence-electron chi connectivity index (χ3n) is 3.46. The van der Waals surface area contributed by atoms with Crippen LogP contribution in [-0.2, 0) is 13.0 Å². The van der Waals surface area contributed by atoms with E-state index in [1.165, 1.54) is 0 Å². The number of aromatic nitrogens is 2. The van der Waals surface area contributed by atoms with E-state index in [1.54, 1.807) is 12.3 Å². The van der Waals surface area contributed by atoms with Crippen LogP contribution < -0.4 is 10.6 Å². The molecule has 0 saturated heterocycles. The minimum absolute atomic E-state index is 0. The quantitative estimate of drug-likeness (QED) is 0.252. The molecule has 1 aromatic heterocycles. The topological polar surface area (TPSA) is 54.2 Å². The van der Waals surface area contributed by atoms with Crippen molar-refractivity contribution in [3.8, 4) is 0 Å². The highest BCUT2D eigenvalue weighted by atomic mass is 127. The Kier molecular flexibility index (Phi) is 10.9. The predicted octanol–water partition coefficient (Wildman–Crippen LogP) is 4.00. The van der Waals surface area contributed by atoms with Crippen LogP contribution >= 0.6 is 47.2 Å². The SMILES string of the molecule is CCNC(=NCCCc1ccc(Cl)cc1Cl)NCCn1ccnc1.I. The standard InChI is InChI=1S/C17H23Cl2N5.HI/c1-2-21-17(23-9-11-24-10-8-20-13-24)22-7-3-4-14-5-6-15(18)12-16(14)19;/h5-6,8,10,12-13H,2-4,7,9,11H2,1H3,(H2,21,22,23);1H. The fourth-order valence-corrected chi connectivity index (χ4v) is 2.75. The number of aliphatic imine (C=N–C) groups is 1. The normalized spacial score (nSPS) is 11.1. The van der Waals surface area contributed by atoms with Crippen molar-refractivity contribution in [2.24, 2.45) is 4.99 Å². The van der Waals surface area contributed by atoms with Gasteiger partial charge in [-0.1, -0.05) is 29.3 Å². The molecule has 0 saturated carbocycles. The number of hydrogen-bond donors (Lipinski definition) is 2. The van der Waals surface area contributed by atoms with Gasteiger partial charge in [0.05, 0.1) is 6.33 Å². The molecule has 0 spiro atoms. The van der Waals surface area contributed by atoms with Gasteiger partial charge in [-0.15, -0.1) is 24.0 Å². The summed E-state index contributed by atoms with van der Waals surface area (Å²) in [5.74, 6) is 0.833. The van der Waals surface area contributed by atoms with E-state index in [2.05, 4.69) is 27.5 Å². The summed E-state index contributed by atoms with van der Waals surface area (Å²) in [7, 11) is 0. The van der Waals surface area contributed by atoms with Crippen molar-refractivity contribution in [2.75, 3.05) is 19.6 Å². The zero-order valence-electron chi connectivity index (χ0n) is 14.2. The van der Waals surface area contributed by atoms with Gasteiger partial charge in [0.2, 0.25) is 0 Å². The highest BCUT2D eigenvalue weighted by Gasteiger charge is 2.02. The first kappa shape index (κ1) is 22.1. The van der Waals surface area contributed by atoms with Crippen molar-refractivity contribution in [1.82, 2.24) is 20.2 Å². The summed E-state index contributed by atoms with van der Waals surface area (Å²) in [5.41, 5.74) is 1.11. The van der Waals surface area contributed by atoms with Gasteiger partial charge in [0.1, 0.15) is 0 Å². The average molecular weight is 496 g/mol. The molecule has 5 nitrogen and oxygen atoms in total. The zero-order chi connectivity index (χ0) is 17.2. The van der Waals surface area contributed by atoms with Crippen molar-refractivity contribution in [3.63, 3.8) is 0 Å². The molecule has 0 atom stereocenters. The number of imidazole rings is 1. The van der Waals surface area contributed by atoms with Crippen LogP contribution in [0.3, 0.4) is 0 Å². The Labute approximate surface area is 176 Å². The van der Waals surface area contributed by atoms with E-state index >= 15 is 0 Å². The highest BCUT2D eigenvalue weighted by Crippen LogP contribution is 2.21. The summed E-state index contributed by atoms with van der Waals surface area (Å²) in [6.07, 6.45) is 7.35. The Balaban J connectivity index is 0.00000312. The maximum atomic E-state index is 6.19. The van der Waals surface area contributed by atoms with E-state index in [9.17, 15) is 0 Å². The fourth-order valence-electron chi connectivity index (χ4n) is 2.25. The van der Waals surface area contributed by atoms with Crippen LogP contribution in [0, 0.1) is 0 Å². The number of nitrogens with one attached hydrogen (secondary N) is 2. The maximum Gasteiger partial charge on any atom is 0.191 e. The molecular formula is C17H24Cl2IN5. The van der Waals surface area contributed by atoms with Crippen LogP contribution in [0.25, 0.3) is 0 Å².